The van der Waals surface area contributed by atoms with E-state index in [9.17, 15) is 4.79 Å². The van der Waals surface area contributed by atoms with Crippen LogP contribution in [0.3, 0.4) is 0 Å². The highest BCUT2D eigenvalue weighted by molar-refractivity contribution is 5.78. The molecule has 2 N–H and O–H groups in total. The quantitative estimate of drug-likeness (QED) is 0.858. The number of nitrogens with zero attached hydrogens (tertiary/aromatic N) is 1. The van der Waals surface area contributed by atoms with E-state index in [4.69, 9.17) is 5.73 Å². The average molecular weight is 274 g/mol. The summed E-state index contributed by atoms with van der Waals surface area (Å²) in [7, 11) is 1.92. The second kappa shape index (κ2) is 7.44. The molecule has 0 radical (unpaired) electrons. The van der Waals surface area contributed by atoms with Crippen LogP contribution in [0.5, 0.6) is 0 Å². The second-order valence-electron chi connectivity index (χ2n) is 5.91. The fraction of sp³-hybridized carbons (Fsp3) is 0.588. The molecule has 0 spiro atoms. The van der Waals surface area contributed by atoms with Crippen LogP contribution in [0.15, 0.2) is 24.3 Å². The molecule has 0 unspecified atom stereocenters. The normalized spacial score (nSPS) is 16.7. The topological polar surface area (TPSA) is 46.3 Å². The predicted molar refractivity (Wildman–Crippen MR) is 82.0 cm³/mol. The first-order valence-corrected chi connectivity index (χ1v) is 7.73. The van der Waals surface area contributed by atoms with E-state index < -0.39 is 0 Å². The molecule has 1 fully saturated rings. The summed E-state index contributed by atoms with van der Waals surface area (Å²) >= 11 is 0. The van der Waals surface area contributed by atoms with Crippen molar-refractivity contribution in [3.05, 3.63) is 35.4 Å². The van der Waals surface area contributed by atoms with Crippen molar-refractivity contribution in [1.82, 2.24) is 4.90 Å². The van der Waals surface area contributed by atoms with Gasteiger partial charge in [-0.3, -0.25) is 4.79 Å². The third kappa shape index (κ3) is 4.07. The monoisotopic (exact) mass is 274 g/mol. The fourth-order valence-corrected chi connectivity index (χ4v) is 3.04. The molecule has 20 heavy (non-hydrogen) atoms. The van der Waals surface area contributed by atoms with Crippen LogP contribution < -0.4 is 5.73 Å². The highest BCUT2D eigenvalue weighted by Gasteiger charge is 2.23. The predicted octanol–water partition coefficient (Wildman–Crippen LogP) is 3.07. The van der Waals surface area contributed by atoms with Crippen LogP contribution in [0.2, 0.25) is 0 Å². The molecule has 3 nitrogen and oxygen atoms in total. The van der Waals surface area contributed by atoms with E-state index in [1.165, 1.54) is 25.7 Å². The van der Waals surface area contributed by atoms with Gasteiger partial charge < -0.3 is 10.6 Å². The SMILES string of the molecule is CN(Cc1cccc(CN)c1)C(=O)C1CCCCCC1. The molecule has 0 saturated heterocycles. The van der Waals surface area contributed by atoms with Crippen molar-refractivity contribution in [2.24, 2.45) is 11.7 Å². The Bertz CT molecular complexity index is 436. The molecule has 1 aliphatic carbocycles. The average Bonchev–Trinajstić information content (AvgIpc) is 2.75. The lowest BCUT2D eigenvalue weighted by atomic mass is 9.98. The summed E-state index contributed by atoms with van der Waals surface area (Å²) in [4.78, 5) is 14.4. The first-order chi connectivity index (χ1) is 9.70. The molecule has 3 heteroatoms. The molecule has 0 aliphatic heterocycles. The minimum atomic E-state index is 0.236. The summed E-state index contributed by atoms with van der Waals surface area (Å²) in [5, 5.41) is 0. The van der Waals surface area contributed by atoms with Crippen molar-refractivity contribution >= 4 is 5.91 Å². The van der Waals surface area contributed by atoms with Gasteiger partial charge in [0.1, 0.15) is 0 Å². The van der Waals surface area contributed by atoms with Gasteiger partial charge in [0, 0.05) is 26.1 Å². The van der Waals surface area contributed by atoms with E-state index in [-0.39, 0.29) is 5.92 Å². The number of hydrogen-bond acceptors (Lipinski definition) is 2. The van der Waals surface area contributed by atoms with E-state index in [1.54, 1.807) is 0 Å². The molecule has 0 heterocycles. The van der Waals surface area contributed by atoms with Crippen LogP contribution in [0.4, 0.5) is 0 Å². The Kier molecular flexibility index (Phi) is 5.60. The summed E-state index contributed by atoms with van der Waals surface area (Å²) in [5.41, 5.74) is 7.95. The van der Waals surface area contributed by atoms with Crippen LogP contribution in [0.1, 0.15) is 49.7 Å². The molecule has 1 saturated carbocycles. The summed E-state index contributed by atoms with van der Waals surface area (Å²) in [6, 6.07) is 8.20. The van der Waals surface area contributed by atoms with Crippen molar-refractivity contribution in [2.75, 3.05) is 7.05 Å². The second-order valence-corrected chi connectivity index (χ2v) is 5.91. The summed E-state index contributed by atoms with van der Waals surface area (Å²) in [6.45, 7) is 1.23. The Morgan fingerprint density at radius 2 is 1.85 bits per heavy atom. The highest BCUT2D eigenvalue weighted by Crippen LogP contribution is 2.24. The first-order valence-electron chi connectivity index (χ1n) is 7.73. The van der Waals surface area contributed by atoms with Crippen LogP contribution >= 0.6 is 0 Å². The van der Waals surface area contributed by atoms with Gasteiger partial charge in [-0.2, -0.15) is 0 Å². The van der Waals surface area contributed by atoms with Crippen molar-refractivity contribution < 1.29 is 4.79 Å². The molecular formula is C17H26N2O. The van der Waals surface area contributed by atoms with Gasteiger partial charge in [-0.1, -0.05) is 49.9 Å². The maximum Gasteiger partial charge on any atom is 0.225 e. The van der Waals surface area contributed by atoms with E-state index in [1.807, 2.05) is 24.1 Å². The summed E-state index contributed by atoms with van der Waals surface area (Å²) in [6.07, 6.45) is 7.09. The van der Waals surface area contributed by atoms with E-state index in [2.05, 4.69) is 12.1 Å². The Labute approximate surface area is 122 Å². The first kappa shape index (κ1) is 15.0. The minimum Gasteiger partial charge on any atom is -0.341 e. The summed E-state index contributed by atoms with van der Waals surface area (Å²) < 4.78 is 0. The van der Waals surface area contributed by atoms with E-state index >= 15 is 0 Å². The number of rotatable bonds is 4. The van der Waals surface area contributed by atoms with Gasteiger partial charge in [-0.15, -0.1) is 0 Å². The number of carbonyl (C=O) groups is 1. The fourth-order valence-electron chi connectivity index (χ4n) is 3.04. The molecule has 1 aromatic carbocycles. The van der Waals surface area contributed by atoms with Gasteiger partial charge >= 0.3 is 0 Å². The Morgan fingerprint density at radius 1 is 1.20 bits per heavy atom. The smallest absolute Gasteiger partial charge is 0.225 e. The van der Waals surface area contributed by atoms with Crippen LogP contribution in [0.25, 0.3) is 0 Å². The largest absolute Gasteiger partial charge is 0.341 e. The van der Waals surface area contributed by atoms with Crippen LogP contribution in [-0.4, -0.2) is 17.9 Å². The van der Waals surface area contributed by atoms with Gasteiger partial charge in [0.15, 0.2) is 0 Å². The Balaban J connectivity index is 1.95. The minimum absolute atomic E-state index is 0.236. The Hall–Kier alpha value is -1.35. The van der Waals surface area contributed by atoms with Crippen molar-refractivity contribution in [2.45, 2.75) is 51.6 Å². The number of amides is 1. The van der Waals surface area contributed by atoms with E-state index in [0.717, 1.165) is 24.0 Å². The molecule has 1 aliphatic rings. The molecule has 0 aromatic heterocycles. The molecular weight excluding hydrogens is 248 g/mol. The molecule has 110 valence electrons. The van der Waals surface area contributed by atoms with Crippen molar-refractivity contribution in [1.29, 1.82) is 0 Å². The number of benzene rings is 1. The zero-order valence-electron chi connectivity index (χ0n) is 12.5. The maximum atomic E-state index is 12.5. The maximum absolute atomic E-state index is 12.5. The van der Waals surface area contributed by atoms with Gasteiger partial charge in [-0.05, 0) is 24.0 Å². The number of carbonyl (C=O) groups excluding carboxylic acids is 1. The molecule has 0 atom stereocenters. The lowest BCUT2D eigenvalue weighted by molar-refractivity contribution is -0.135. The Morgan fingerprint density at radius 3 is 2.50 bits per heavy atom. The van der Waals surface area contributed by atoms with E-state index in [0.29, 0.717) is 19.0 Å². The third-order valence-electron chi connectivity index (χ3n) is 4.23. The van der Waals surface area contributed by atoms with Gasteiger partial charge in [0.2, 0.25) is 5.91 Å². The van der Waals surface area contributed by atoms with Gasteiger partial charge in [0.05, 0.1) is 0 Å². The highest BCUT2D eigenvalue weighted by atomic mass is 16.2. The van der Waals surface area contributed by atoms with Gasteiger partial charge in [0.25, 0.3) is 0 Å². The van der Waals surface area contributed by atoms with Crippen LogP contribution in [0, 0.1) is 5.92 Å². The van der Waals surface area contributed by atoms with Crippen molar-refractivity contribution in [3.8, 4) is 0 Å². The van der Waals surface area contributed by atoms with Gasteiger partial charge in [-0.25, -0.2) is 0 Å². The lowest BCUT2D eigenvalue weighted by Crippen LogP contribution is -2.32. The van der Waals surface area contributed by atoms with Crippen LogP contribution in [-0.2, 0) is 17.9 Å². The molecule has 1 aromatic rings. The number of nitrogens with two attached hydrogens (primary N) is 1. The number of hydrogen-bond donors (Lipinski definition) is 1. The zero-order chi connectivity index (χ0) is 14.4. The molecule has 1 amide bonds. The molecule has 2 rings (SSSR count). The lowest BCUT2D eigenvalue weighted by Gasteiger charge is -2.23. The van der Waals surface area contributed by atoms with Crippen molar-refractivity contribution in [3.63, 3.8) is 0 Å². The zero-order valence-corrected chi connectivity index (χ0v) is 12.5. The third-order valence-corrected chi connectivity index (χ3v) is 4.23. The summed E-state index contributed by atoms with van der Waals surface area (Å²) in [5.74, 6) is 0.547. The standard InChI is InChI=1S/C17H26N2O/c1-19(13-15-8-6-7-14(11-15)12-18)17(20)16-9-4-2-3-5-10-16/h6-8,11,16H,2-5,9-10,12-13,18H2,1H3. The molecule has 0 bridgehead atoms.